The topological polar surface area (TPSA) is 57.8 Å². The lowest BCUT2D eigenvalue weighted by molar-refractivity contribution is 0.583. The largest absolute Gasteiger partial charge is 0.370 e. The van der Waals surface area contributed by atoms with Gasteiger partial charge in [0.25, 0.3) is 5.56 Å². The van der Waals surface area contributed by atoms with Crippen molar-refractivity contribution < 1.29 is 0 Å². The highest BCUT2D eigenvalue weighted by Crippen LogP contribution is 2.29. The molecule has 1 aliphatic rings. The number of hydrogen-bond donors (Lipinski definition) is 2. The number of nitrogens with one attached hydrogen (secondary N) is 2. The van der Waals surface area contributed by atoms with Crippen molar-refractivity contribution in [3.63, 3.8) is 0 Å². The number of aromatic nitrogens is 2. The minimum absolute atomic E-state index is 0.0128. The molecule has 0 spiro atoms. The van der Waals surface area contributed by atoms with E-state index < -0.39 is 0 Å². The summed E-state index contributed by atoms with van der Waals surface area (Å²) in [6.07, 6.45) is 1.79. The van der Waals surface area contributed by atoms with E-state index in [1.54, 1.807) is 0 Å². The summed E-state index contributed by atoms with van der Waals surface area (Å²) in [4.78, 5) is 19.9. The molecule has 0 saturated carbocycles. The van der Waals surface area contributed by atoms with Gasteiger partial charge in [0, 0.05) is 12.0 Å². The summed E-state index contributed by atoms with van der Waals surface area (Å²) in [5.41, 5.74) is 1.58. The fraction of sp³-hybridized carbons (Fsp3) is 0.375. The number of anilines is 1. The van der Waals surface area contributed by atoms with E-state index in [9.17, 15) is 4.79 Å². The fourth-order valence-electron chi connectivity index (χ4n) is 2.64. The van der Waals surface area contributed by atoms with E-state index >= 15 is 0 Å². The second-order valence-corrected chi connectivity index (χ2v) is 5.76. The molecule has 2 heterocycles. The van der Waals surface area contributed by atoms with Gasteiger partial charge in [-0.15, -0.1) is 0 Å². The van der Waals surface area contributed by atoms with E-state index in [4.69, 9.17) is 0 Å². The van der Waals surface area contributed by atoms with Crippen LogP contribution in [0.3, 0.4) is 0 Å². The quantitative estimate of drug-likeness (QED) is 0.880. The second-order valence-electron chi connectivity index (χ2n) is 5.76. The molecule has 20 heavy (non-hydrogen) atoms. The maximum absolute atomic E-state index is 12.2. The van der Waals surface area contributed by atoms with Crippen LogP contribution in [0.1, 0.15) is 37.2 Å². The third kappa shape index (κ3) is 2.11. The smallest absolute Gasteiger partial charge is 0.256 e. The van der Waals surface area contributed by atoms with Gasteiger partial charge in [0.05, 0.1) is 5.56 Å². The minimum Gasteiger partial charge on any atom is -0.370 e. The first kappa shape index (κ1) is 12.9. The Hall–Kier alpha value is -2.10. The Bertz CT molecular complexity index is 674. The molecular weight excluding hydrogens is 250 g/mol. The lowest BCUT2D eigenvalue weighted by Crippen LogP contribution is -2.31. The molecule has 2 aromatic rings. The van der Waals surface area contributed by atoms with Crippen molar-refractivity contribution in [1.82, 2.24) is 9.97 Å². The zero-order valence-corrected chi connectivity index (χ0v) is 11.9. The van der Waals surface area contributed by atoms with Crippen molar-refractivity contribution in [1.29, 1.82) is 0 Å². The van der Waals surface area contributed by atoms with Gasteiger partial charge in [-0.1, -0.05) is 30.3 Å². The summed E-state index contributed by atoms with van der Waals surface area (Å²) >= 11 is 0. The van der Waals surface area contributed by atoms with Crippen molar-refractivity contribution in [3.8, 4) is 0 Å². The van der Waals surface area contributed by atoms with Crippen LogP contribution in [0.4, 0.5) is 5.82 Å². The molecule has 0 fully saturated rings. The highest BCUT2D eigenvalue weighted by atomic mass is 16.1. The predicted molar refractivity (Wildman–Crippen MR) is 80.2 cm³/mol. The van der Waals surface area contributed by atoms with Crippen LogP contribution in [0, 0.1) is 0 Å². The second kappa shape index (κ2) is 4.78. The molecule has 0 saturated heterocycles. The Kier molecular flexibility index (Phi) is 3.08. The van der Waals surface area contributed by atoms with E-state index in [1.807, 2.05) is 18.2 Å². The van der Waals surface area contributed by atoms with Crippen molar-refractivity contribution in [2.24, 2.45) is 0 Å². The third-order valence-electron chi connectivity index (χ3n) is 4.00. The molecule has 4 heteroatoms. The molecule has 0 aliphatic carbocycles. The van der Waals surface area contributed by atoms with Gasteiger partial charge in [-0.25, -0.2) is 4.98 Å². The van der Waals surface area contributed by atoms with Crippen molar-refractivity contribution in [2.75, 3.05) is 11.9 Å². The Labute approximate surface area is 118 Å². The molecule has 4 nitrogen and oxygen atoms in total. The Morgan fingerprint density at radius 2 is 1.95 bits per heavy atom. The van der Waals surface area contributed by atoms with Crippen LogP contribution in [0.5, 0.6) is 0 Å². The zero-order valence-electron chi connectivity index (χ0n) is 11.9. The third-order valence-corrected chi connectivity index (χ3v) is 4.00. The van der Waals surface area contributed by atoms with Crippen LogP contribution in [-0.2, 0) is 11.8 Å². The summed E-state index contributed by atoms with van der Waals surface area (Å²) in [6.45, 7) is 5.04. The number of rotatable bonds is 2. The average molecular weight is 269 g/mol. The lowest BCUT2D eigenvalue weighted by Gasteiger charge is -2.26. The maximum Gasteiger partial charge on any atom is 0.256 e. The first-order valence-corrected chi connectivity index (χ1v) is 7.02. The lowest BCUT2D eigenvalue weighted by atomic mass is 9.83. The summed E-state index contributed by atoms with van der Waals surface area (Å²) in [6, 6.07) is 10.1. The Morgan fingerprint density at radius 1 is 1.20 bits per heavy atom. The van der Waals surface area contributed by atoms with E-state index in [2.05, 4.69) is 41.3 Å². The first-order chi connectivity index (χ1) is 9.59. The Balaban J connectivity index is 2.11. The summed E-state index contributed by atoms with van der Waals surface area (Å²) in [7, 11) is 0. The van der Waals surface area contributed by atoms with Crippen LogP contribution >= 0.6 is 0 Å². The molecule has 3 rings (SSSR count). The molecule has 104 valence electrons. The summed E-state index contributed by atoms with van der Waals surface area (Å²) < 4.78 is 0. The highest BCUT2D eigenvalue weighted by Gasteiger charge is 2.28. The summed E-state index contributed by atoms with van der Waals surface area (Å²) in [5, 5.41) is 3.24. The number of H-pyrrole nitrogens is 1. The van der Waals surface area contributed by atoms with Gasteiger partial charge in [0.2, 0.25) is 0 Å². The molecule has 0 unspecified atom stereocenters. The minimum atomic E-state index is -0.325. The molecular formula is C16H19N3O. The van der Waals surface area contributed by atoms with E-state index in [-0.39, 0.29) is 11.0 Å². The van der Waals surface area contributed by atoms with Crippen molar-refractivity contribution in [2.45, 2.75) is 32.1 Å². The van der Waals surface area contributed by atoms with E-state index in [0.717, 1.165) is 36.3 Å². The predicted octanol–water partition coefficient (Wildman–Crippen LogP) is 2.45. The maximum atomic E-state index is 12.2. The molecule has 1 aliphatic heterocycles. The monoisotopic (exact) mass is 269 g/mol. The fourth-order valence-corrected chi connectivity index (χ4v) is 2.64. The average Bonchev–Trinajstić information content (AvgIpc) is 2.48. The van der Waals surface area contributed by atoms with Crippen LogP contribution < -0.4 is 10.9 Å². The summed E-state index contributed by atoms with van der Waals surface area (Å²) in [5.74, 6) is 1.46. The first-order valence-electron chi connectivity index (χ1n) is 7.02. The number of benzene rings is 1. The highest BCUT2D eigenvalue weighted by molar-refractivity contribution is 5.46. The van der Waals surface area contributed by atoms with Gasteiger partial charge in [-0.2, -0.15) is 0 Å². The molecule has 0 radical (unpaired) electrons. The van der Waals surface area contributed by atoms with Crippen LogP contribution in [-0.4, -0.2) is 16.5 Å². The van der Waals surface area contributed by atoms with Crippen LogP contribution in [0.15, 0.2) is 35.1 Å². The number of aromatic amines is 1. The van der Waals surface area contributed by atoms with Crippen LogP contribution in [0.2, 0.25) is 0 Å². The zero-order chi connectivity index (χ0) is 14.2. The molecule has 0 atom stereocenters. The van der Waals surface area contributed by atoms with Gasteiger partial charge < -0.3 is 10.3 Å². The standard InChI is InChI=1S/C16H19N3O/c1-16(2,11-7-4-3-5-8-11)15-18-13-12(14(20)19-15)9-6-10-17-13/h3-5,7-8H,6,9-10H2,1-2H3,(H2,17,18,19,20). The number of nitrogens with zero attached hydrogens (tertiary/aromatic N) is 1. The van der Waals surface area contributed by atoms with Crippen LogP contribution in [0.25, 0.3) is 0 Å². The van der Waals surface area contributed by atoms with Crippen molar-refractivity contribution in [3.05, 3.63) is 57.6 Å². The molecule has 2 N–H and O–H groups in total. The van der Waals surface area contributed by atoms with Gasteiger partial charge in [0.1, 0.15) is 11.6 Å². The van der Waals surface area contributed by atoms with Gasteiger partial charge in [-0.3, -0.25) is 4.79 Å². The SMILES string of the molecule is CC(C)(c1ccccc1)c1nc2c(c(=O)[nH]1)CCCN2. The van der Waals surface area contributed by atoms with E-state index in [0.29, 0.717) is 5.82 Å². The van der Waals surface area contributed by atoms with Gasteiger partial charge >= 0.3 is 0 Å². The van der Waals surface area contributed by atoms with Gasteiger partial charge in [-0.05, 0) is 32.3 Å². The molecule has 1 aromatic heterocycles. The number of hydrogen-bond acceptors (Lipinski definition) is 3. The molecule has 1 aromatic carbocycles. The number of fused-ring (bicyclic) bond motifs is 1. The van der Waals surface area contributed by atoms with Crippen molar-refractivity contribution >= 4 is 5.82 Å². The van der Waals surface area contributed by atoms with Gasteiger partial charge in [0.15, 0.2) is 0 Å². The normalized spacial score (nSPS) is 14.5. The molecule has 0 bridgehead atoms. The van der Waals surface area contributed by atoms with E-state index in [1.165, 1.54) is 0 Å². The Morgan fingerprint density at radius 3 is 2.70 bits per heavy atom. The molecule has 0 amide bonds.